The molecule has 0 bridgehead atoms. The summed E-state index contributed by atoms with van der Waals surface area (Å²) >= 11 is 1.52. The second-order valence-electron chi connectivity index (χ2n) is 5.39. The van der Waals surface area contributed by atoms with E-state index >= 15 is 0 Å². The van der Waals surface area contributed by atoms with Crippen molar-refractivity contribution in [3.8, 4) is 5.88 Å². The Hall–Kier alpha value is -2.65. The van der Waals surface area contributed by atoms with Crippen LogP contribution in [0.1, 0.15) is 17.0 Å². The molecule has 4 rings (SSSR count). The number of carbonyl (C=O) groups is 1. The number of anilines is 1. The molecule has 0 saturated carbocycles. The molecule has 0 fully saturated rings. The number of nitrogens with one attached hydrogen (secondary N) is 3. The molecule has 2 aromatic heterocycles. The zero-order valence-corrected chi connectivity index (χ0v) is 13.4. The number of aliphatic hydroxyl groups excluding tert-OH is 1. The molecular formula is C15H15N5O3S. The summed E-state index contributed by atoms with van der Waals surface area (Å²) in [6, 6.07) is 1.88. The minimum absolute atomic E-state index is 0.0431. The zero-order valence-electron chi connectivity index (χ0n) is 12.6. The molecule has 24 heavy (non-hydrogen) atoms. The predicted molar refractivity (Wildman–Crippen MR) is 91.7 cm³/mol. The molecule has 124 valence electrons. The van der Waals surface area contributed by atoms with Crippen LogP contribution < -0.4 is 10.6 Å². The smallest absolute Gasteiger partial charge is 0.270 e. The van der Waals surface area contributed by atoms with E-state index in [0.717, 1.165) is 21.7 Å². The number of aliphatic imine (C=N–C) groups is 1. The van der Waals surface area contributed by atoms with Gasteiger partial charge in [-0.3, -0.25) is 4.79 Å². The van der Waals surface area contributed by atoms with Crippen molar-refractivity contribution in [3.63, 3.8) is 0 Å². The summed E-state index contributed by atoms with van der Waals surface area (Å²) in [6.45, 7) is 0.730. The third-order valence-corrected chi connectivity index (χ3v) is 4.83. The molecule has 0 saturated heterocycles. The predicted octanol–water partition coefficient (Wildman–Crippen LogP) is 1.10. The van der Waals surface area contributed by atoms with E-state index < -0.39 is 0 Å². The van der Waals surface area contributed by atoms with Crippen molar-refractivity contribution in [2.45, 2.75) is 6.42 Å². The highest BCUT2D eigenvalue weighted by molar-refractivity contribution is 7.12. The fraction of sp³-hybridized carbons (Fsp3) is 0.267. The van der Waals surface area contributed by atoms with E-state index in [-0.39, 0.29) is 18.4 Å². The summed E-state index contributed by atoms with van der Waals surface area (Å²) in [5.41, 5.74) is 3.18. The monoisotopic (exact) mass is 345 g/mol. The van der Waals surface area contributed by atoms with Gasteiger partial charge in [-0.1, -0.05) is 0 Å². The van der Waals surface area contributed by atoms with Crippen LogP contribution in [0, 0.1) is 0 Å². The van der Waals surface area contributed by atoms with Crippen LogP contribution in [-0.2, 0) is 4.79 Å². The van der Waals surface area contributed by atoms with Gasteiger partial charge >= 0.3 is 0 Å². The maximum atomic E-state index is 12.3. The molecule has 2 aliphatic rings. The molecule has 2 aromatic rings. The summed E-state index contributed by atoms with van der Waals surface area (Å²) < 4.78 is 0. The Morgan fingerprint density at radius 3 is 3.12 bits per heavy atom. The van der Waals surface area contributed by atoms with Crippen LogP contribution in [0.15, 0.2) is 16.4 Å². The third-order valence-electron chi connectivity index (χ3n) is 3.91. The van der Waals surface area contributed by atoms with Gasteiger partial charge in [0.1, 0.15) is 11.4 Å². The number of fused-ring (bicyclic) bond motifs is 3. The number of imidazole rings is 1. The normalized spacial score (nSPS) is 16.4. The van der Waals surface area contributed by atoms with Crippen LogP contribution in [0.25, 0.3) is 11.1 Å². The first-order chi connectivity index (χ1) is 11.7. The van der Waals surface area contributed by atoms with Gasteiger partial charge in [-0.05, 0) is 23.4 Å². The summed E-state index contributed by atoms with van der Waals surface area (Å²) in [5, 5.41) is 26.8. The van der Waals surface area contributed by atoms with Crippen molar-refractivity contribution in [3.05, 3.63) is 22.0 Å². The van der Waals surface area contributed by atoms with E-state index in [9.17, 15) is 9.90 Å². The lowest BCUT2D eigenvalue weighted by Crippen LogP contribution is -2.29. The maximum absolute atomic E-state index is 12.3. The van der Waals surface area contributed by atoms with Crippen molar-refractivity contribution < 1.29 is 15.0 Å². The Kier molecular flexibility index (Phi) is 3.58. The van der Waals surface area contributed by atoms with Crippen molar-refractivity contribution >= 4 is 45.7 Å². The highest BCUT2D eigenvalue weighted by atomic mass is 32.1. The summed E-state index contributed by atoms with van der Waals surface area (Å²) in [6.07, 6.45) is 0.548. The van der Waals surface area contributed by atoms with Crippen molar-refractivity contribution in [2.75, 3.05) is 25.0 Å². The number of rotatable bonds is 4. The molecule has 0 aliphatic carbocycles. The number of amides is 1. The molecule has 8 nitrogen and oxygen atoms in total. The second-order valence-corrected chi connectivity index (χ2v) is 6.31. The SMILES string of the molecule is O=C1NCCC(c2[nH]c(NCCO)nc2O)=C2C1=Nc1ccsc12. The van der Waals surface area contributed by atoms with E-state index in [2.05, 4.69) is 25.6 Å². The molecular weight excluding hydrogens is 330 g/mol. The molecule has 4 heterocycles. The standard InChI is InChI=1S/C15H15N5O3S/c21-5-4-17-15-19-10(14(23)20-15)7-1-3-16-13(22)11-9(7)12-8(18-11)2-6-24-12/h2,6,21,23H,1,3-5H2,(H,16,22)(H2,17,19,20). The molecule has 0 atom stereocenters. The lowest BCUT2D eigenvalue weighted by molar-refractivity contribution is -0.114. The van der Waals surface area contributed by atoms with E-state index in [4.69, 9.17) is 5.11 Å². The Bertz CT molecular complexity index is 880. The molecule has 0 spiro atoms. The topological polar surface area (TPSA) is 123 Å². The number of aromatic nitrogens is 2. The van der Waals surface area contributed by atoms with Gasteiger partial charge in [0.2, 0.25) is 11.8 Å². The molecule has 1 amide bonds. The van der Waals surface area contributed by atoms with Gasteiger partial charge < -0.3 is 25.8 Å². The average Bonchev–Trinajstić information content (AvgIpc) is 3.22. The van der Waals surface area contributed by atoms with Crippen LogP contribution in [-0.4, -0.2) is 51.5 Å². The van der Waals surface area contributed by atoms with Gasteiger partial charge in [-0.15, -0.1) is 11.3 Å². The molecule has 0 aromatic carbocycles. The number of nitrogens with zero attached hydrogens (tertiary/aromatic N) is 2. The maximum Gasteiger partial charge on any atom is 0.270 e. The Morgan fingerprint density at radius 1 is 1.42 bits per heavy atom. The molecule has 0 unspecified atom stereocenters. The van der Waals surface area contributed by atoms with Crippen LogP contribution >= 0.6 is 11.3 Å². The van der Waals surface area contributed by atoms with Crippen LogP contribution in [0.2, 0.25) is 0 Å². The number of H-pyrrole nitrogens is 1. The van der Waals surface area contributed by atoms with Gasteiger partial charge in [-0.25, -0.2) is 4.99 Å². The highest BCUT2D eigenvalue weighted by Crippen LogP contribution is 2.45. The zero-order chi connectivity index (χ0) is 16.7. The van der Waals surface area contributed by atoms with Crippen molar-refractivity contribution in [2.24, 2.45) is 4.99 Å². The first-order valence-corrected chi connectivity index (χ1v) is 8.39. The quantitative estimate of drug-likeness (QED) is 0.568. The Balaban J connectivity index is 1.85. The minimum atomic E-state index is -0.207. The third kappa shape index (κ3) is 2.29. The second kappa shape index (κ2) is 5.77. The average molecular weight is 345 g/mol. The van der Waals surface area contributed by atoms with E-state index in [1.54, 1.807) is 0 Å². The fourth-order valence-corrected chi connectivity index (χ4v) is 3.80. The van der Waals surface area contributed by atoms with Crippen LogP contribution in [0.5, 0.6) is 5.88 Å². The summed E-state index contributed by atoms with van der Waals surface area (Å²) in [4.78, 5) is 24.7. The van der Waals surface area contributed by atoms with E-state index in [0.29, 0.717) is 36.9 Å². The number of thiophene rings is 1. The van der Waals surface area contributed by atoms with Gasteiger partial charge in [0, 0.05) is 18.7 Å². The summed E-state index contributed by atoms with van der Waals surface area (Å²) in [7, 11) is 0. The van der Waals surface area contributed by atoms with Gasteiger partial charge in [0.25, 0.3) is 5.91 Å². The number of aliphatic hydroxyl groups is 1. The van der Waals surface area contributed by atoms with E-state index in [1.807, 2.05) is 11.4 Å². The van der Waals surface area contributed by atoms with E-state index in [1.165, 1.54) is 11.3 Å². The van der Waals surface area contributed by atoms with Crippen LogP contribution in [0.4, 0.5) is 11.6 Å². The molecule has 5 N–H and O–H groups in total. The lowest BCUT2D eigenvalue weighted by atomic mass is 9.99. The van der Waals surface area contributed by atoms with Crippen molar-refractivity contribution in [1.29, 1.82) is 0 Å². The minimum Gasteiger partial charge on any atom is -0.492 e. The molecule has 0 radical (unpaired) electrons. The number of hydrogen-bond acceptors (Lipinski definition) is 7. The fourth-order valence-electron chi connectivity index (χ4n) is 2.90. The lowest BCUT2D eigenvalue weighted by Gasteiger charge is -2.07. The number of carbonyl (C=O) groups excluding carboxylic acids is 1. The van der Waals surface area contributed by atoms with Gasteiger partial charge in [0.15, 0.2) is 0 Å². The number of aromatic hydroxyl groups is 1. The van der Waals surface area contributed by atoms with Crippen molar-refractivity contribution in [1.82, 2.24) is 15.3 Å². The highest BCUT2D eigenvalue weighted by Gasteiger charge is 2.33. The summed E-state index contributed by atoms with van der Waals surface area (Å²) in [5.74, 6) is 0.0220. The number of aromatic amines is 1. The number of hydrogen-bond donors (Lipinski definition) is 5. The Labute approximate surface area is 141 Å². The first kappa shape index (κ1) is 14.9. The first-order valence-electron chi connectivity index (χ1n) is 7.51. The largest absolute Gasteiger partial charge is 0.492 e. The Morgan fingerprint density at radius 2 is 2.29 bits per heavy atom. The van der Waals surface area contributed by atoms with Crippen LogP contribution in [0.3, 0.4) is 0 Å². The molecule has 9 heteroatoms. The van der Waals surface area contributed by atoms with Gasteiger partial charge in [0.05, 0.1) is 17.2 Å². The molecule has 2 aliphatic heterocycles. The van der Waals surface area contributed by atoms with Gasteiger partial charge in [-0.2, -0.15) is 4.98 Å².